The first-order valence-electron chi connectivity index (χ1n) is 8.01. The van der Waals surface area contributed by atoms with Gasteiger partial charge in [-0.05, 0) is 43.7 Å². The third-order valence-corrected chi connectivity index (χ3v) is 4.35. The van der Waals surface area contributed by atoms with E-state index >= 15 is 0 Å². The molecule has 1 aliphatic rings. The molecule has 0 amide bonds. The number of para-hydroxylation sites is 1. The second kappa shape index (κ2) is 6.37. The molecule has 1 unspecified atom stereocenters. The van der Waals surface area contributed by atoms with E-state index in [1.54, 1.807) is 7.11 Å². The maximum absolute atomic E-state index is 6.09. The molecule has 0 saturated carbocycles. The first-order valence-corrected chi connectivity index (χ1v) is 8.01. The van der Waals surface area contributed by atoms with Crippen molar-refractivity contribution in [2.75, 3.05) is 12.4 Å². The predicted octanol–water partition coefficient (Wildman–Crippen LogP) is 4.88. The molecule has 3 heteroatoms. The number of rotatable bonds is 5. The van der Waals surface area contributed by atoms with Crippen LogP contribution in [0.25, 0.3) is 6.08 Å². The molecule has 1 heterocycles. The average molecular weight is 309 g/mol. The zero-order valence-corrected chi connectivity index (χ0v) is 13.9. The number of ether oxygens (including phenoxy) is 2. The van der Waals surface area contributed by atoms with E-state index in [1.807, 2.05) is 24.3 Å². The fourth-order valence-corrected chi connectivity index (χ4v) is 2.67. The maximum atomic E-state index is 6.09. The molecule has 0 saturated heterocycles. The lowest BCUT2D eigenvalue weighted by Crippen LogP contribution is -2.30. The normalized spacial score (nSPS) is 18.9. The van der Waals surface area contributed by atoms with E-state index in [0.717, 1.165) is 41.3 Å². The van der Waals surface area contributed by atoms with E-state index in [-0.39, 0.29) is 5.60 Å². The van der Waals surface area contributed by atoms with Crippen molar-refractivity contribution in [3.8, 4) is 11.5 Å². The minimum absolute atomic E-state index is 0.195. The van der Waals surface area contributed by atoms with Crippen molar-refractivity contribution in [3.63, 3.8) is 0 Å². The smallest absolute Gasteiger partial charge is 0.127 e. The molecule has 3 rings (SSSR count). The summed E-state index contributed by atoms with van der Waals surface area (Å²) in [5.74, 6) is 1.85. The van der Waals surface area contributed by atoms with E-state index in [0.29, 0.717) is 0 Å². The SMILES string of the molecule is CCC1(C)C=Cc2cc(NCc3ccccc3OC)ccc2O1. The van der Waals surface area contributed by atoms with Crippen LogP contribution in [0.5, 0.6) is 11.5 Å². The fourth-order valence-electron chi connectivity index (χ4n) is 2.67. The summed E-state index contributed by atoms with van der Waals surface area (Å²) in [6.45, 7) is 4.97. The number of methoxy groups -OCH3 is 1. The van der Waals surface area contributed by atoms with Gasteiger partial charge in [-0.1, -0.05) is 31.2 Å². The van der Waals surface area contributed by atoms with Crippen LogP contribution in [-0.2, 0) is 6.54 Å². The second-order valence-electron chi connectivity index (χ2n) is 6.02. The van der Waals surface area contributed by atoms with E-state index in [4.69, 9.17) is 9.47 Å². The zero-order chi connectivity index (χ0) is 16.3. The highest BCUT2D eigenvalue weighted by Gasteiger charge is 2.25. The molecule has 0 radical (unpaired) electrons. The zero-order valence-electron chi connectivity index (χ0n) is 13.9. The van der Waals surface area contributed by atoms with Crippen LogP contribution in [0.15, 0.2) is 48.5 Å². The van der Waals surface area contributed by atoms with Gasteiger partial charge in [0.1, 0.15) is 17.1 Å². The minimum Gasteiger partial charge on any atom is -0.496 e. The Labute approximate surface area is 137 Å². The number of hydrogen-bond acceptors (Lipinski definition) is 3. The maximum Gasteiger partial charge on any atom is 0.127 e. The van der Waals surface area contributed by atoms with Crippen LogP contribution in [0, 0.1) is 0 Å². The highest BCUT2D eigenvalue weighted by atomic mass is 16.5. The van der Waals surface area contributed by atoms with Crippen molar-refractivity contribution in [2.24, 2.45) is 0 Å². The lowest BCUT2D eigenvalue weighted by atomic mass is 9.97. The summed E-state index contributed by atoms with van der Waals surface area (Å²) in [5.41, 5.74) is 3.13. The summed E-state index contributed by atoms with van der Waals surface area (Å²) in [5, 5.41) is 3.45. The Morgan fingerprint density at radius 1 is 1.17 bits per heavy atom. The van der Waals surface area contributed by atoms with Gasteiger partial charge in [0.05, 0.1) is 7.11 Å². The molecule has 0 fully saturated rings. The number of anilines is 1. The standard InChI is InChI=1S/C20H23NO2/c1-4-20(2)12-11-15-13-17(9-10-19(15)23-20)21-14-16-7-5-6-8-18(16)22-3/h5-13,21H,4,14H2,1-3H3. The molecule has 23 heavy (non-hydrogen) atoms. The largest absolute Gasteiger partial charge is 0.496 e. The average Bonchev–Trinajstić information content (AvgIpc) is 2.60. The van der Waals surface area contributed by atoms with E-state index in [2.05, 4.69) is 49.5 Å². The van der Waals surface area contributed by atoms with Gasteiger partial charge in [-0.3, -0.25) is 0 Å². The van der Waals surface area contributed by atoms with Crippen molar-refractivity contribution in [2.45, 2.75) is 32.4 Å². The quantitative estimate of drug-likeness (QED) is 0.853. The van der Waals surface area contributed by atoms with Gasteiger partial charge in [0.25, 0.3) is 0 Å². The van der Waals surface area contributed by atoms with Crippen LogP contribution in [-0.4, -0.2) is 12.7 Å². The lowest BCUT2D eigenvalue weighted by molar-refractivity contribution is 0.133. The molecule has 2 aromatic rings. The summed E-state index contributed by atoms with van der Waals surface area (Å²) < 4.78 is 11.5. The first kappa shape index (κ1) is 15.5. The van der Waals surface area contributed by atoms with Gasteiger partial charge in [-0.2, -0.15) is 0 Å². The number of hydrogen-bond donors (Lipinski definition) is 1. The summed E-state index contributed by atoms with van der Waals surface area (Å²) in [6.07, 6.45) is 5.24. The molecule has 3 nitrogen and oxygen atoms in total. The van der Waals surface area contributed by atoms with Crippen LogP contribution >= 0.6 is 0 Å². The molecular formula is C20H23NO2. The predicted molar refractivity (Wildman–Crippen MR) is 95.1 cm³/mol. The lowest BCUT2D eigenvalue weighted by Gasteiger charge is -2.30. The van der Waals surface area contributed by atoms with Crippen LogP contribution in [0.1, 0.15) is 31.4 Å². The van der Waals surface area contributed by atoms with Gasteiger partial charge in [-0.25, -0.2) is 0 Å². The molecule has 2 aromatic carbocycles. The van der Waals surface area contributed by atoms with Gasteiger partial charge in [0, 0.05) is 23.4 Å². The molecular weight excluding hydrogens is 286 g/mol. The van der Waals surface area contributed by atoms with E-state index in [9.17, 15) is 0 Å². The molecule has 0 bridgehead atoms. The Morgan fingerprint density at radius 2 is 2.00 bits per heavy atom. The van der Waals surface area contributed by atoms with Crippen molar-refractivity contribution in [3.05, 3.63) is 59.7 Å². The Bertz CT molecular complexity index is 723. The molecule has 120 valence electrons. The molecule has 0 aliphatic carbocycles. The van der Waals surface area contributed by atoms with Crippen LogP contribution in [0.2, 0.25) is 0 Å². The number of benzene rings is 2. The third kappa shape index (κ3) is 3.34. The van der Waals surface area contributed by atoms with Crippen molar-refractivity contribution >= 4 is 11.8 Å². The van der Waals surface area contributed by atoms with Crippen LogP contribution in [0.4, 0.5) is 5.69 Å². The molecule has 1 aliphatic heterocycles. The van der Waals surface area contributed by atoms with Crippen molar-refractivity contribution in [1.29, 1.82) is 0 Å². The van der Waals surface area contributed by atoms with Crippen molar-refractivity contribution in [1.82, 2.24) is 0 Å². The summed E-state index contributed by atoms with van der Waals surface area (Å²) >= 11 is 0. The van der Waals surface area contributed by atoms with Gasteiger partial charge in [0.2, 0.25) is 0 Å². The van der Waals surface area contributed by atoms with Crippen molar-refractivity contribution < 1.29 is 9.47 Å². The molecule has 0 aromatic heterocycles. The highest BCUT2D eigenvalue weighted by Crippen LogP contribution is 2.34. The Balaban J connectivity index is 1.74. The van der Waals surface area contributed by atoms with Crippen LogP contribution < -0.4 is 14.8 Å². The summed E-state index contributed by atoms with van der Waals surface area (Å²) in [6, 6.07) is 14.3. The molecule has 1 atom stereocenters. The Kier molecular flexibility index (Phi) is 4.28. The van der Waals surface area contributed by atoms with Gasteiger partial charge < -0.3 is 14.8 Å². The minimum atomic E-state index is -0.195. The van der Waals surface area contributed by atoms with E-state index in [1.165, 1.54) is 0 Å². The molecule has 1 N–H and O–H groups in total. The number of fused-ring (bicyclic) bond motifs is 1. The van der Waals surface area contributed by atoms with Gasteiger partial charge in [-0.15, -0.1) is 0 Å². The van der Waals surface area contributed by atoms with Gasteiger partial charge >= 0.3 is 0 Å². The topological polar surface area (TPSA) is 30.5 Å². The monoisotopic (exact) mass is 309 g/mol. The molecule has 0 spiro atoms. The Hall–Kier alpha value is -2.42. The van der Waals surface area contributed by atoms with E-state index < -0.39 is 0 Å². The first-order chi connectivity index (χ1) is 11.1. The summed E-state index contributed by atoms with van der Waals surface area (Å²) in [7, 11) is 1.70. The second-order valence-corrected chi connectivity index (χ2v) is 6.02. The van der Waals surface area contributed by atoms with Gasteiger partial charge in [0.15, 0.2) is 0 Å². The fraction of sp³-hybridized carbons (Fsp3) is 0.300. The number of nitrogens with one attached hydrogen (secondary N) is 1. The summed E-state index contributed by atoms with van der Waals surface area (Å²) in [4.78, 5) is 0. The highest BCUT2D eigenvalue weighted by molar-refractivity contribution is 5.66. The Morgan fingerprint density at radius 3 is 2.78 bits per heavy atom. The third-order valence-electron chi connectivity index (χ3n) is 4.35. The van der Waals surface area contributed by atoms with Crippen LogP contribution in [0.3, 0.4) is 0 Å².